The zero-order valence-electron chi connectivity index (χ0n) is 7.14. The summed E-state index contributed by atoms with van der Waals surface area (Å²) in [6, 6.07) is 5.01. The standard InChI is InChI=1S/C9H10FNO2/c1-6(8(10)9(12)13)7-4-2-3-5-11-7/h2-6,8H,1H3,(H,12,13). The zero-order chi connectivity index (χ0) is 9.84. The van der Waals surface area contributed by atoms with Gasteiger partial charge in [0.25, 0.3) is 0 Å². The predicted octanol–water partition coefficient (Wildman–Crippen LogP) is 1.61. The first-order valence-corrected chi connectivity index (χ1v) is 3.90. The summed E-state index contributed by atoms with van der Waals surface area (Å²) >= 11 is 0. The van der Waals surface area contributed by atoms with Crippen molar-refractivity contribution in [3.8, 4) is 0 Å². The van der Waals surface area contributed by atoms with Crippen LogP contribution in [-0.4, -0.2) is 22.2 Å². The Morgan fingerprint density at radius 3 is 2.77 bits per heavy atom. The molecular weight excluding hydrogens is 173 g/mol. The summed E-state index contributed by atoms with van der Waals surface area (Å²) in [4.78, 5) is 14.2. The number of alkyl halides is 1. The quantitative estimate of drug-likeness (QED) is 0.774. The maximum absolute atomic E-state index is 13.0. The Balaban J connectivity index is 2.79. The molecule has 70 valence electrons. The summed E-state index contributed by atoms with van der Waals surface area (Å²) in [5.41, 5.74) is 0.456. The van der Waals surface area contributed by atoms with E-state index in [4.69, 9.17) is 5.11 Å². The van der Waals surface area contributed by atoms with Crippen LogP contribution in [0.25, 0.3) is 0 Å². The van der Waals surface area contributed by atoms with Crippen molar-refractivity contribution in [3.05, 3.63) is 30.1 Å². The summed E-state index contributed by atoms with van der Waals surface area (Å²) < 4.78 is 13.0. The third kappa shape index (κ3) is 2.24. The van der Waals surface area contributed by atoms with Crippen LogP contribution in [0, 0.1) is 0 Å². The monoisotopic (exact) mass is 183 g/mol. The molecule has 0 saturated carbocycles. The van der Waals surface area contributed by atoms with Gasteiger partial charge in [-0.2, -0.15) is 0 Å². The number of halogens is 1. The Hall–Kier alpha value is -1.45. The van der Waals surface area contributed by atoms with Crippen molar-refractivity contribution in [2.75, 3.05) is 0 Å². The second kappa shape index (κ2) is 3.98. The number of rotatable bonds is 3. The first kappa shape index (κ1) is 9.64. The van der Waals surface area contributed by atoms with Gasteiger partial charge in [0, 0.05) is 17.8 Å². The number of carboxylic acid groups (broad SMARTS) is 1. The molecule has 0 saturated heterocycles. The van der Waals surface area contributed by atoms with Gasteiger partial charge in [-0.1, -0.05) is 13.0 Å². The first-order valence-electron chi connectivity index (χ1n) is 3.90. The van der Waals surface area contributed by atoms with Crippen molar-refractivity contribution in [2.45, 2.75) is 19.0 Å². The summed E-state index contributed by atoms with van der Waals surface area (Å²) in [6.07, 6.45) is -0.379. The maximum atomic E-state index is 13.0. The van der Waals surface area contributed by atoms with Gasteiger partial charge >= 0.3 is 5.97 Å². The number of carbonyl (C=O) groups is 1. The van der Waals surface area contributed by atoms with E-state index in [9.17, 15) is 9.18 Å². The van der Waals surface area contributed by atoms with E-state index >= 15 is 0 Å². The number of hydrogen-bond acceptors (Lipinski definition) is 2. The molecule has 1 N–H and O–H groups in total. The minimum absolute atomic E-state index is 0.456. The lowest BCUT2D eigenvalue weighted by Crippen LogP contribution is -2.21. The van der Waals surface area contributed by atoms with Gasteiger partial charge in [-0.05, 0) is 12.1 Å². The van der Waals surface area contributed by atoms with Crippen LogP contribution in [0.1, 0.15) is 18.5 Å². The third-order valence-electron chi connectivity index (χ3n) is 1.83. The molecule has 1 aromatic rings. The molecule has 1 aromatic heterocycles. The average Bonchev–Trinajstić information content (AvgIpc) is 2.17. The molecule has 0 spiro atoms. The largest absolute Gasteiger partial charge is 0.479 e. The van der Waals surface area contributed by atoms with Crippen LogP contribution in [0.3, 0.4) is 0 Å². The van der Waals surface area contributed by atoms with Gasteiger partial charge in [0.1, 0.15) is 0 Å². The van der Waals surface area contributed by atoms with Crippen molar-refractivity contribution in [1.82, 2.24) is 4.98 Å². The molecule has 0 aliphatic rings. The number of hydrogen-bond donors (Lipinski definition) is 1. The summed E-state index contributed by atoms with van der Waals surface area (Å²) in [5.74, 6) is -2.16. The molecule has 4 heteroatoms. The summed E-state index contributed by atoms with van der Waals surface area (Å²) in [5, 5.41) is 8.41. The second-order valence-corrected chi connectivity index (χ2v) is 2.78. The first-order chi connectivity index (χ1) is 6.13. The Labute approximate surface area is 75.2 Å². The molecule has 0 radical (unpaired) electrons. The van der Waals surface area contributed by atoms with E-state index < -0.39 is 18.1 Å². The molecule has 0 aromatic carbocycles. The lowest BCUT2D eigenvalue weighted by atomic mass is 10.0. The van der Waals surface area contributed by atoms with Gasteiger partial charge in [0.15, 0.2) is 0 Å². The Morgan fingerprint density at radius 2 is 2.31 bits per heavy atom. The van der Waals surface area contributed by atoms with E-state index in [0.29, 0.717) is 5.69 Å². The molecular formula is C9H10FNO2. The molecule has 0 amide bonds. The van der Waals surface area contributed by atoms with E-state index in [1.807, 2.05) is 0 Å². The molecule has 0 aliphatic heterocycles. The van der Waals surface area contributed by atoms with Gasteiger partial charge in [0.05, 0.1) is 0 Å². The van der Waals surface area contributed by atoms with E-state index in [0.717, 1.165) is 0 Å². The minimum Gasteiger partial charge on any atom is -0.479 e. The molecule has 13 heavy (non-hydrogen) atoms. The maximum Gasteiger partial charge on any atom is 0.338 e. The minimum atomic E-state index is -1.89. The molecule has 0 aliphatic carbocycles. The van der Waals surface area contributed by atoms with Crippen LogP contribution < -0.4 is 0 Å². The molecule has 1 heterocycles. The van der Waals surface area contributed by atoms with E-state index in [1.165, 1.54) is 13.1 Å². The lowest BCUT2D eigenvalue weighted by molar-refractivity contribution is -0.143. The van der Waals surface area contributed by atoms with Crippen LogP contribution in [0.5, 0.6) is 0 Å². The molecule has 3 nitrogen and oxygen atoms in total. The van der Waals surface area contributed by atoms with Crippen molar-refractivity contribution < 1.29 is 14.3 Å². The number of pyridine rings is 1. The van der Waals surface area contributed by atoms with Crippen molar-refractivity contribution in [3.63, 3.8) is 0 Å². The topological polar surface area (TPSA) is 50.2 Å². The summed E-state index contributed by atoms with van der Waals surface area (Å²) in [6.45, 7) is 1.50. The zero-order valence-corrected chi connectivity index (χ0v) is 7.14. The Bertz CT molecular complexity index is 289. The second-order valence-electron chi connectivity index (χ2n) is 2.78. The molecule has 0 bridgehead atoms. The number of aromatic nitrogens is 1. The highest BCUT2D eigenvalue weighted by Gasteiger charge is 2.25. The highest BCUT2D eigenvalue weighted by molar-refractivity contribution is 5.73. The van der Waals surface area contributed by atoms with E-state index in [1.54, 1.807) is 18.2 Å². The Kier molecular flexibility index (Phi) is 2.95. The SMILES string of the molecule is CC(c1ccccn1)C(F)C(=O)O. The van der Waals surface area contributed by atoms with Crippen LogP contribution >= 0.6 is 0 Å². The number of carboxylic acids is 1. The molecule has 2 atom stereocenters. The van der Waals surface area contributed by atoms with Crippen LogP contribution in [0.4, 0.5) is 4.39 Å². The summed E-state index contributed by atoms with van der Waals surface area (Å²) in [7, 11) is 0. The normalized spacial score (nSPS) is 14.9. The van der Waals surface area contributed by atoms with Crippen molar-refractivity contribution in [1.29, 1.82) is 0 Å². The van der Waals surface area contributed by atoms with E-state index in [-0.39, 0.29) is 0 Å². The van der Waals surface area contributed by atoms with Gasteiger partial charge in [-0.25, -0.2) is 9.18 Å². The average molecular weight is 183 g/mol. The fraction of sp³-hybridized carbons (Fsp3) is 0.333. The van der Waals surface area contributed by atoms with Crippen LogP contribution in [-0.2, 0) is 4.79 Å². The third-order valence-corrected chi connectivity index (χ3v) is 1.83. The fourth-order valence-corrected chi connectivity index (χ4v) is 1.01. The van der Waals surface area contributed by atoms with Crippen LogP contribution in [0.15, 0.2) is 24.4 Å². The highest BCUT2D eigenvalue weighted by atomic mass is 19.1. The number of nitrogens with zero attached hydrogens (tertiary/aromatic N) is 1. The highest BCUT2D eigenvalue weighted by Crippen LogP contribution is 2.19. The van der Waals surface area contributed by atoms with Crippen molar-refractivity contribution >= 4 is 5.97 Å². The van der Waals surface area contributed by atoms with Crippen LogP contribution in [0.2, 0.25) is 0 Å². The molecule has 1 rings (SSSR count). The van der Waals surface area contributed by atoms with Gasteiger partial charge in [-0.3, -0.25) is 4.98 Å². The lowest BCUT2D eigenvalue weighted by Gasteiger charge is -2.11. The Morgan fingerprint density at radius 1 is 1.62 bits per heavy atom. The fourth-order valence-electron chi connectivity index (χ4n) is 1.01. The van der Waals surface area contributed by atoms with Gasteiger partial charge < -0.3 is 5.11 Å². The van der Waals surface area contributed by atoms with Gasteiger partial charge in [-0.15, -0.1) is 0 Å². The van der Waals surface area contributed by atoms with Crippen molar-refractivity contribution in [2.24, 2.45) is 0 Å². The van der Waals surface area contributed by atoms with Gasteiger partial charge in [0.2, 0.25) is 6.17 Å². The predicted molar refractivity (Wildman–Crippen MR) is 45.2 cm³/mol. The smallest absolute Gasteiger partial charge is 0.338 e. The molecule has 2 unspecified atom stereocenters. The number of aliphatic carboxylic acids is 1. The van der Waals surface area contributed by atoms with E-state index in [2.05, 4.69) is 4.98 Å². The molecule has 0 fully saturated rings.